The minimum Gasteiger partial charge on any atom is -0.377 e. The van der Waals surface area contributed by atoms with Gasteiger partial charge in [0.05, 0.1) is 17.3 Å². The van der Waals surface area contributed by atoms with Gasteiger partial charge in [-0.25, -0.2) is 0 Å². The first kappa shape index (κ1) is 18.4. The van der Waals surface area contributed by atoms with E-state index < -0.39 is 0 Å². The summed E-state index contributed by atoms with van der Waals surface area (Å²) in [5.41, 5.74) is 3.64. The van der Waals surface area contributed by atoms with Crippen LogP contribution in [0.2, 0.25) is 10.0 Å². The van der Waals surface area contributed by atoms with Gasteiger partial charge in [-0.15, -0.1) is 0 Å². The van der Waals surface area contributed by atoms with Crippen molar-refractivity contribution in [2.75, 3.05) is 11.9 Å². The highest BCUT2D eigenvalue weighted by atomic mass is 35.5. The molecule has 4 rings (SSSR count). The van der Waals surface area contributed by atoms with Crippen molar-refractivity contribution in [2.45, 2.75) is 31.7 Å². The summed E-state index contributed by atoms with van der Waals surface area (Å²) in [5, 5.41) is 7.92. The Morgan fingerprint density at radius 1 is 1.19 bits per heavy atom. The zero-order valence-electron chi connectivity index (χ0n) is 15.1. The van der Waals surface area contributed by atoms with Crippen molar-refractivity contribution in [1.29, 1.82) is 0 Å². The first-order chi connectivity index (χ1) is 13.1. The first-order valence-corrected chi connectivity index (χ1v) is 10.2. The van der Waals surface area contributed by atoms with Gasteiger partial charge in [-0.2, -0.15) is 0 Å². The van der Waals surface area contributed by atoms with E-state index in [9.17, 15) is 4.79 Å². The highest BCUT2D eigenvalue weighted by molar-refractivity contribution is 6.36. The van der Waals surface area contributed by atoms with Gasteiger partial charge in [-0.1, -0.05) is 60.5 Å². The van der Waals surface area contributed by atoms with Gasteiger partial charge in [-0.3, -0.25) is 4.79 Å². The molecular weight excluding hydrogens is 379 g/mol. The second-order valence-corrected chi connectivity index (χ2v) is 7.95. The molecule has 0 saturated carbocycles. The Morgan fingerprint density at radius 3 is 2.67 bits per heavy atom. The normalized spacial score (nSPS) is 22.7. The third-order valence-electron chi connectivity index (χ3n) is 5.49. The van der Waals surface area contributed by atoms with E-state index in [-0.39, 0.29) is 17.9 Å². The van der Waals surface area contributed by atoms with Crippen molar-refractivity contribution in [3.63, 3.8) is 0 Å². The van der Waals surface area contributed by atoms with Crippen molar-refractivity contribution in [3.8, 4) is 0 Å². The lowest BCUT2D eigenvalue weighted by Crippen LogP contribution is -2.32. The van der Waals surface area contributed by atoms with Crippen molar-refractivity contribution in [2.24, 2.45) is 5.92 Å². The zero-order valence-corrected chi connectivity index (χ0v) is 16.6. The Balaban J connectivity index is 1.80. The number of para-hydroxylation sites is 1. The first-order valence-electron chi connectivity index (χ1n) is 9.40. The van der Waals surface area contributed by atoms with Gasteiger partial charge < -0.3 is 10.6 Å². The topological polar surface area (TPSA) is 41.1 Å². The fraction of sp³-hybridized carbons (Fsp3) is 0.318. The molecule has 1 aliphatic heterocycles. The molecule has 5 heteroatoms. The van der Waals surface area contributed by atoms with Crippen LogP contribution in [0.4, 0.5) is 5.69 Å². The number of carbonyl (C=O) groups is 1. The molecule has 3 unspecified atom stereocenters. The predicted octanol–water partition coefficient (Wildman–Crippen LogP) is 5.96. The molecule has 2 aromatic rings. The summed E-state index contributed by atoms with van der Waals surface area (Å²) in [6.07, 6.45) is 6.32. The Bertz CT molecular complexity index is 889. The van der Waals surface area contributed by atoms with Crippen molar-refractivity contribution in [3.05, 3.63) is 75.3 Å². The monoisotopic (exact) mass is 400 g/mol. The summed E-state index contributed by atoms with van der Waals surface area (Å²) in [5.74, 6) is 0.520. The molecule has 2 aromatic carbocycles. The summed E-state index contributed by atoms with van der Waals surface area (Å²) in [6.45, 7) is 2.70. The number of allylic oxidation sites excluding steroid dienone is 2. The fourth-order valence-electron chi connectivity index (χ4n) is 4.24. The number of hydrogen-bond acceptors (Lipinski definition) is 2. The van der Waals surface area contributed by atoms with Crippen LogP contribution in [0.3, 0.4) is 0 Å². The van der Waals surface area contributed by atoms with Crippen LogP contribution in [0, 0.1) is 5.92 Å². The Morgan fingerprint density at radius 2 is 1.93 bits per heavy atom. The predicted molar refractivity (Wildman–Crippen MR) is 112 cm³/mol. The average Bonchev–Trinajstić information content (AvgIpc) is 3.16. The van der Waals surface area contributed by atoms with Crippen LogP contribution in [-0.4, -0.2) is 12.5 Å². The summed E-state index contributed by atoms with van der Waals surface area (Å²) >= 11 is 13.1. The number of amides is 1. The maximum atomic E-state index is 12.7. The van der Waals surface area contributed by atoms with Crippen LogP contribution in [0.1, 0.15) is 53.2 Å². The molecule has 1 heterocycles. The molecular formula is C22H22Cl2N2O. The van der Waals surface area contributed by atoms with E-state index in [0.29, 0.717) is 28.1 Å². The molecule has 2 aliphatic rings. The van der Waals surface area contributed by atoms with E-state index in [1.807, 2.05) is 37.3 Å². The van der Waals surface area contributed by atoms with Crippen LogP contribution < -0.4 is 10.6 Å². The standard InChI is InChI=1S/C22H22Cl2N2O/c1-2-12-25-22(27)16-9-4-7-14-13-6-3-8-15(13)21(26-20(14)16)19-17(23)10-5-11-18(19)24/h3-7,9-11,13,15,21,26H,2,8,12H2,1H3,(H,25,27). The molecule has 0 fully saturated rings. The van der Waals surface area contributed by atoms with Gasteiger partial charge >= 0.3 is 0 Å². The zero-order chi connectivity index (χ0) is 19.0. The maximum Gasteiger partial charge on any atom is 0.253 e. The second kappa shape index (κ2) is 7.57. The molecule has 0 bridgehead atoms. The summed E-state index contributed by atoms with van der Waals surface area (Å²) in [4.78, 5) is 12.7. The van der Waals surface area contributed by atoms with Crippen LogP contribution in [-0.2, 0) is 0 Å². The molecule has 27 heavy (non-hydrogen) atoms. The number of carbonyl (C=O) groups excluding carboxylic acids is 1. The van der Waals surface area contributed by atoms with Gasteiger partial charge in [0.25, 0.3) is 5.91 Å². The lowest BCUT2D eigenvalue weighted by atomic mass is 9.76. The Labute approximate surface area is 169 Å². The largest absolute Gasteiger partial charge is 0.377 e. The summed E-state index contributed by atoms with van der Waals surface area (Å²) < 4.78 is 0. The van der Waals surface area contributed by atoms with Crippen molar-refractivity contribution < 1.29 is 4.79 Å². The fourth-order valence-corrected chi connectivity index (χ4v) is 4.87. The van der Waals surface area contributed by atoms with Crippen LogP contribution in [0.15, 0.2) is 48.6 Å². The van der Waals surface area contributed by atoms with Gasteiger partial charge in [0.15, 0.2) is 0 Å². The number of halogens is 2. The van der Waals surface area contributed by atoms with E-state index in [2.05, 4.69) is 28.9 Å². The van der Waals surface area contributed by atoms with Gasteiger partial charge in [0.2, 0.25) is 0 Å². The number of hydrogen-bond donors (Lipinski definition) is 2. The maximum absolute atomic E-state index is 12.7. The van der Waals surface area contributed by atoms with E-state index in [0.717, 1.165) is 29.7 Å². The van der Waals surface area contributed by atoms with Crippen LogP contribution >= 0.6 is 23.2 Å². The average molecular weight is 401 g/mol. The molecule has 0 radical (unpaired) electrons. The number of benzene rings is 2. The van der Waals surface area contributed by atoms with E-state index >= 15 is 0 Å². The van der Waals surface area contributed by atoms with Crippen LogP contribution in [0.25, 0.3) is 0 Å². The van der Waals surface area contributed by atoms with E-state index in [4.69, 9.17) is 23.2 Å². The number of nitrogens with one attached hydrogen (secondary N) is 2. The van der Waals surface area contributed by atoms with Gasteiger partial charge in [0, 0.05) is 28.1 Å². The quantitative estimate of drug-likeness (QED) is 0.621. The molecule has 3 atom stereocenters. The third kappa shape index (κ3) is 3.24. The Kier molecular flexibility index (Phi) is 5.16. The van der Waals surface area contributed by atoms with Gasteiger partial charge in [-0.05, 0) is 42.5 Å². The number of fused-ring (bicyclic) bond motifs is 3. The molecule has 1 amide bonds. The van der Waals surface area contributed by atoms with Crippen molar-refractivity contribution >= 4 is 34.8 Å². The minimum absolute atomic E-state index is 0.0428. The molecule has 0 saturated heterocycles. The summed E-state index contributed by atoms with van der Waals surface area (Å²) in [7, 11) is 0. The highest BCUT2D eigenvalue weighted by Crippen LogP contribution is 2.52. The number of rotatable bonds is 4. The summed E-state index contributed by atoms with van der Waals surface area (Å²) in [6, 6.07) is 11.5. The minimum atomic E-state index is -0.0503. The molecule has 0 aromatic heterocycles. The highest BCUT2D eigenvalue weighted by Gasteiger charge is 2.40. The lowest BCUT2D eigenvalue weighted by Gasteiger charge is -2.39. The third-order valence-corrected chi connectivity index (χ3v) is 6.15. The smallest absolute Gasteiger partial charge is 0.253 e. The van der Waals surface area contributed by atoms with E-state index in [1.165, 1.54) is 0 Å². The molecule has 0 spiro atoms. The SMILES string of the molecule is CCCNC(=O)c1cccc2c1NC(c1c(Cl)cccc1Cl)C1CC=CC21. The number of anilines is 1. The Hall–Kier alpha value is -1.97. The molecule has 2 N–H and O–H groups in total. The second-order valence-electron chi connectivity index (χ2n) is 7.14. The molecule has 3 nitrogen and oxygen atoms in total. The van der Waals surface area contributed by atoms with Crippen molar-refractivity contribution in [1.82, 2.24) is 5.32 Å². The van der Waals surface area contributed by atoms with E-state index in [1.54, 1.807) is 0 Å². The van der Waals surface area contributed by atoms with Crippen LogP contribution in [0.5, 0.6) is 0 Å². The molecule has 140 valence electrons. The lowest BCUT2D eigenvalue weighted by molar-refractivity contribution is 0.0954. The van der Waals surface area contributed by atoms with Gasteiger partial charge in [0.1, 0.15) is 0 Å². The molecule has 1 aliphatic carbocycles.